The molecular formula is C22H24ClN3O4S. The van der Waals surface area contributed by atoms with Crippen LogP contribution in [0, 0.1) is 0 Å². The maximum Gasteiger partial charge on any atom is 0.254 e. The average molecular weight is 462 g/mol. The molecule has 2 heterocycles. The van der Waals surface area contributed by atoms with E-state index >= 15 is 0 Å². The number of H-pyrrole nitrogens is 1. The van der Waals surface area contributed by atoms with Crippen LogP contribution in [-0.4, -0.2) is 43.9 Å². The zero-order valence-corrected chi connectivity index (χ0v) is 19.1. The molecule has 1 amide bonds. The molecule has 2 aromatic carbocycles. The Kier molecular flexibility index (Phi) is 5.72. The van der Waals surface area contributed by atoms with Crippen molar-refractivity contribution >= 4 is 38.4 Å². The van der Waals surface area contributed by atoms with Gasteiger partial charge in [-0.05, 0) is 50.2 Å². The molecule has 31 heavy (non-hydrogen) atoms. The number of carbonyl (C=O) groups excluding carboxylic acids is 1. The van der Waals surface area contributed by atoms with Gasteiger partial charge in [-0.1, -0.05) is 11.6 Å². The molecule has 1 aromatic heterocycles. The number of halogens is 1. The van der Waals surface area contributed by atoms with Crippen molar-refractivity contribution in [2.45, 2.75) is 37.8 Å². The van der Waals surface area contributed by atoms with E-state index in [1.807, 2.05) is 18.2 Å². The number of benzene rings is 2. The minimum absolute atomic E-state index is 0.0499. The van der Waals surface area contributed by atoms with E-state index in [4.69, 9.17) is 16.3 Å². The van der Waals surface area contributed by atoms with Crippen molar-refractivity contribution in [3.05, 3.63) is 58.2 Å². The van der Waals surface area contributed by atoms with Crippen LogP contribution in [0.25, 0.3) is 10.9 Å². The molecule has 1 aliphatic heterocycles. The van der Waals surface area contributed by atoms with Crippen molar-refractivity contribution in [2.75, 3.05) is 13.7 Å². The molecule has 0 aliphatic carbocycles. The van der Waals surface area contributed by atoms with Gasteiger partial charge in [-0.3, -0.25) is 4.79 Å². The van der Waals surface area contributed by atoms with Crippen molar-refractivity contribution < 1.29 is 17.9 Å². The van der Waals surface area contributed by atoms with Gasteiger partial charge in [-0.25, -0.2) is 13.1 Å². The lowest BCUT2D eigenvalue weighted by Crippen LogP contribution is -2.36. The third-order valence-electron chi connectivity index (χ3n) is 5.32. The zero-order chi connectivity index (χ0) is 22.3. The number of ether oxygens (including phenoxy) is 1. The normalized spacial score (nSPS) is 14.2. The highest BCUT2D eigenvalue weighted by atomic mass is 35.5. The number of hydrogen-bond acceptors (Lipinski definition) is 4. The van der Waals surface area contributed by atoms with Gasteiger partial charge in [0.1, 0.15) is 10.6 Å². The van der Waals surface area contributed by atoms with Gasteiger partial charge in [-0.15, -0.1) is 0 Å². The van der Waals surface area contributed by atoms with Crippen LogP contribution in [0.4, 0.5) is 0 Å². The van der Waals surface area contributed by atoms with Gasteiger partial charge in [0.15, 0.2) is 0 Å². The third-order valence-corrected chi connectivity index (χ3v) is 7.23. The summed E-state index contributed by atoms with van der Waals surface area (Å²) in [7, 11) is -2.43. The quantitative estimate of drug-likeness (QED) is 0.605. The minimum atomic E-state index is -3.83. The maximum atomic E-state index is 13.3. The highest BCUT2D eigenvalue weighted by Crippen LogP contribution is 2.31. The summed E-state index contributed by atoms with van der Waals surface area (Å²) in [6, 6.07) is 9.87. The van der Waals surface area contributed by atoms with Crippen LogP contribution >= 0.6 is 11.6 Å². The molecule has 0 atom stereocenters. The van der Waals surface area contributed by atoms with Crippen LogP contribution in [0.5, 0.6) is 5.75 Å². The highest BCUT2D eigenvalue weighted by Gasteiger charge is 2.27. The van der Waals surface area contributed by atoms with E-state index in [0.717, 1.165) is 22.2 Å². The largest absolute Gasteiger partial charge is 0.495 e. The molecule has 1 aliphatic rings. The van der Waals surface area contributed by atoms with Gasteiger partial charge in [0, 0.05) is 58.3 Å². The first-order valence-corrected chi connectivity index (χ1v) is 11.8. The number of aromatic nitrogens is 1. The molecule has 4 rings (SSSR count). The van der Waals surface area contributed by atoms with Gasteiger partial charge >= 0.3 is 0 Å². The third kappa shape index (κ3) is 4.15. The van der Waals surface area contributed by atoms with Crippen LogP contribution < -0.4 is 9.46 Å². The van der Waals surface area contributed by atoms with Gasteiger partial charge in [-0.2, -0.15) is 0 Å². The number of nitrogens with one attached hydrogen (secondary N) is 2. The Morgan fingerprint density at radius 1 is 1.23 bits per heavy atom. The minimum Gasteiger partial charge on any atom is -0.495 e. The standard InChI is InChI=1S/C22H24ClN3O4S/c1-13(2)25-31(28,29)21-10-14(4-7-20(21)30-3)22(27)26-9-8-19-17(12-26)16-11-15(23)5-6-18(16)24-19/h4-7,10-11,13,24-25H,8-9,12H2,1-3H3. The second kappa shape index (κ2) is 8.18. The maximum absolute atomic E-state index is 13.3. The topological polar surface area (TPSA) is 91.5 Å². The summed E-state index contributed by atoms with van der Waals surface area (Å²) < 4.78 is 33.3. The van der Waals surface area contributed by atoms with Crippen LogP contribution in [0.15, 0.2) is 41.3 Å². The molecular weight excluding hydrogens is 438 g/mol. The van der Waals surface area contributed by atoms with Crippen molar-refractivity contribution in [1.82, 2.24) is 14.6 Å². The number of hydrogen-bond donors (Lipinski definition) is 2. The van der Waals surface area contributed by atoms with E-state index < -0.39 is 10.0 Å². The summed E-state index contributed by atoms with van der Waals surface area (Å²) in [5.41, 5.74) is 3.42. The van der Waals surface area contributed by atoms with Crippen molar-refractivity contribution in [2.24, 2.45) is 0 Å². The van der Waals surface area contributed by atoms with Crippen LogP contribution in [-0.2, 0) is 23.0 Å². The smallest absolute Gasteiger partial charge is 0.254 e. The molecule has 0 saturated carbocycles. The molecule has 0 fully saturated rings. The predicted molar refractivity (Wildman–Crippen MR) is 120 cm³/mol. The lowest BCUT2D eigenvalue weighted by atomic mass is 10.0. The number of rotatable bonds is 5. The Labute approximate surface area is 186 Å². The predicted octanol–water partition coefficient (Wildman–Crippen LogP) is 3.72. The summed E-state index contributed by atoms with van der Waals surface area (Å²) in [6.07, 6.45) is 0.684. The summed E-state index contributed by atoms with van der Waals surface area (Å²) in [5, 5.41) is 1.64. The van der Waals surface area contributed by atoms with Gasteiger partial charge in [0.05, 0.1) is 7.11 Å². The molecule has 0 saturated heterocycles. The van der Waals surface area contributed by atoms with Gasteiger partial charge in [0.2, 0.25) is 10.0 Å². The molecule has 3 aromatic rings. The van der Waals surface area contributed by atoms with Crippen LogP contribution in [0.3, 0.4) is 0 Å². The fourth-order valence-electron chi connectivity index (χ4n) is 3.94. The number of aromatic amines is 1. The van der Waals surface area contributed by atoms with Crippen LogP contribution in [0.1, 0.15) is 35.5 Å². The Hall–Kier alpha value is -2.55. The van der Waals surface area contributed by atoms with E-state index in [1.165, 1.54) is 19.2 Å². The Morgan fingerprint density at radius 2 is 2.00 bits per heavy atom. The summed E-state index contributed by atoms with van der Waals surface area (Å²) >= 11 is 6.17. The summed E-state index contributed by atoms with van der Waals surface area (Å²) in [5.74, 6) is -0.0393. The van der Waals surface area contributed by atoms with E-state index in [2.05, 4.69) is 9.71 Å². The molecule has 0 radical (unpaired) electrons. The van der Waals surface area contributed by atoms with Crippen molar-refractivity contribution in [3.63, 3.8) is 0 Å². The Morgan fingerprint density at radius 3 is 2.71 bits per heavy atom. The first-order chi connectivity index (χ1) is 14.7. The fourth-order valence-corrected chi connectivity index (χ4v) is 5.55. The van der Waals surface area contributed by atoms with Gasteiger partial charge in [0.25, 0.3) is 5.91 Å². The number of amides is 1. The summed E-state index contributed by atoms with van der Waals surface area (Å²) in [4.78, 5) is 18.3. The molecule has 0 bridgehead atoms. The Balaban J connectivity index is 1.67. The number of sulfonamides is 1. The molecule has 0 spiro atoms. The lowest BCUT2D eigenvalue weighted by molar-refractivity contribution is 0.0735. The first-order valence-electron chi connectivity index (χ1n) is 9.98. The number of carbonyl (C=O) groups is 1. The number of methoxy groups -OCH3 is 1. The van der Waals surface area contributed by atoms with Crippen LogP contribution in [0.2, 0.25) is 5.02 Å². The van der Waals surface area contributed by atoms with Crippen molar-refractivity contribution in [3.8, 4) is 5.75 Å². The fraction of sp³-hybridized carbons (Fsp3) is 0.318. The lowest BCUT2D eigenvalue weighted by Gasteiger charge is -2.27. The zero-order valence-electron chi connectivity index (χ0n) is 17.5. The second-order valence-electron chi connectivity index (χ2n) is 7.89. The number of fused-ring (bicyclic) bond motifs is 3. The van der Waals surface area contributed by atoms with E-state index in [0.29, 0.717) is 30.1 Å². The molecule has 7 nitrogen and oxygen atoms in total. The summed E-state index contributed by atoms with van der Waals surface area (Å²) in [6.45, 7) is 4.42. The second-order valence-corrected chi connectivity index (χ2v) is 10.0. The molecule has 9 heteroatoms. The monoisotopic (exact) mass is 461 g/mol. The molecule has 164 valence electrons. The van der Waals surface area contributed by atoms with Gasteiger partial charge < -0.3 is 14.6 Å². The molecule has 0 unspecified atom stereocenters. The highest BCUT2D eigenvalue weighted by molar-refractivity contribution is 7.89. The van der Waals surface area contributed by atoms with E-state index in [9.17, 15) is 13.2 Å². The first kappa shape index (κ1) is 21.7. The van der Waals surface area contributed by atoms with E-state index in [1.54, 1.807) is 24.8 Å². The number of nitrogens with zero attached hydrogens (tertiary/aromatic N) is 1. The van der Waals surface area contributed by atoms with Crippen molar-refractivity contribution in [1.29, 1.82) is 0 Å². The average Bonchev–Trinajstić information content (AvgIpc) is 3.09. The molecule has 2 N–H and O–H groups in total. The Bertz CT molecular complexity index is 1270. The van der Waals surface area contributed by atoms with E-state index in [-0.39, 0.29) is 22.6 Å². The SMILES string of the molecule is COc1ccc(C(=O)N2CCc3[nH]c4ccc(Cl)cc4c3C2)cc1S(=O)(=O)NC(C)C.